The molecule has 4 fully saturated rings. The highest BCUT2D eigenvalue weighted by molar-refractivity contribution is 5.97. The summed E-state index contributed by atoms with van der Waals surface area (Å²) in [7, 11) is 0. The fourth-order valence-electron chi connectivity index (χ4n) is 6.95. The Kier molecular flexibility index (Phi) is 8.52. The van der Waals surface area contributed by atoms with Gasteiger partial charge in [0.25, 0.3) is 5.91 Å². The Bertz CT molecular complexity index is 1090. The number of aldehydes is 1. The third-order valence-corrected chi connectivity index (χ3v) is 8.96. The molecule has 0 radical (unpaired) electrons. The quantitative estimate of drug-likeness (QED) is 0.222. The number of anilines is 1. The Labute approximate surface area is 229 Å². The average Bonchev–Trinajstić information content (AvgIpc) is 3.54. The number of carbonyl (C=O) groups excluding carboxylic acids is 3. The van der Waals surface area contributed by atoms with Crippen molar-refractivity contribution in [1.82, 2.24) is 15.1 Å². The molecule has 4 unspecified atom stereocenters. The van der Waals surface area contributed by atoms with Gasteiger partial charge in [0.15, 0.2) is 17.7 Å². The molecule has 4 atom stereocenters. The molecule has 1 N–H and O–H groups in total. The molecule has 1 aromatic rings. The van der Waals surface area contributed by atoms with Gasteiger partial charge in [0, 0.05) is 54.8 Å². The van der Waals surface area contributed by atoms with Gasteiger partial charge in [-0.2, -0.15) is 0 Å². The Balaban J connectivity index is 1.38. The number of benzene rings is 1. The van der Waals surface area contributed by atoms with Crippen LogP contribution in [0.25, 0.3) is 10.4 Å². The van der Waals surface area contributed by atoms with E-state index in [1.807, 2.05) is 12.1 Å². The summed E-state index contributed by atoms with van der Waals surface area (Å²) in [4.78, 5) is 49.2. The van der Waals surface area contributed by atoms with Crippen LogP contribution in [-0.4, -0.2) is 97.5 Å². The van der Waals surface area contributed by atoms with E-state index in [2.05, 4.69) is 32.1 Å². The van der Waals surface area contributed by atoms with Gasteiger partial charge in [0.2, 0.25) is 0 Å². The summed E-state index contributed by atoms with van der Waals surface area (Å²) in [5, 5.41) is 6.95. The molecule has 1 amide bonds. The zero-order valence-corrected chi connectivity index (χ0v) is 22.7. The molecule has 0 aromatic heterocycles. The highest BCUT2D eigenvalue weighted by Gasteiger charge is 2.59. The number of likely N-dealkylation sites (tertiary alicyclic amines) is 1. The second kappa shape index (κ2) is 12.0. The third-order valence-electron chi connectivity index (χ3n) is 8.96. The molecule has 5 rings (SSSR count). The predicted octanol–water partition coefficient (Wildman–Crippen LogP) is 2.75. The second-order valence-corrected chi connectivity index (χ2v) is 11.2. The van der Waals surface area contributed by atoms with Crippen molar-refractivity contribution in [1.29, 1.82) is 0 Å². The summed E-state index contributed by atoms with van der Waals surface area (Å²) in [5.41, 5.74) is 9.25. The van der Waals surface area contributed by atoms with E-state index in [0.29, 0.717) is 5.56 Å². The van der Waals surface area contributed by atoms with E-state index in [1.165, 1.54) is 0 Å². The molecule has 1 aromatic carbocycles. The van der Waals surface area contributed by atoms with Gasteiger partial charge in [-0.15, -0.1) is 0 Å². The molecular formula is C28H39N7O4. The standard InChI is InChI=1S/C28H39N7O4/c1-2-12-33-13-15-34(16-14-33)22-10-8-20(9-11-22)27(38)30-28(19-36,21-6-4-3-5-7-21)35-17-23(31-32-29)26-25(35)24(37)18-39-26/h8-11,19,21,23,25-26H,2-7,12-18H2,1H3,(H,30,38). The van der Waals surface area contributed by atoms with Crippen LogP contribution >= 0.6 is 0 Å². The number of ether oxygens (including phenoxy) is 1. The van der Waals surface area contributed by atoms with Crippen LogP contribution in [0, 0.1) is 5.92 Å². The smallest absolute Gasteiger partial charge is 0.253 e. The van der Waals surface area contributed by atoms with Crippen LogP contribution in [0.15, 0.2) is 29.4 Å². The summed E-state index contributed by atoms with van der Waals surface area (Å²) >= 11 is 0. The van der Waals surface area contributed by atoms with Crippen molar-refractivity contribution in [2.75, 3.05) is 50.8 Å². The van der Waals surface area contributed by atoms with Crippen LogP contribution in [0.5, 0.6) is 0 Å². The maximum Gasteiger partial charge on any atom is 0.253 e. The van der Waals surface area contributed by atoms with Crippen LogP contribution < -0.4 is 10.2 Å². The molecule has 39 heavy (non-hydrogen) atoms. The number of piperazine rings is 1. The lowest BCUT2D eigenvalue weighted by Crippen LogP contribution is -2.68. The molecule has 210 valence electrons. The molecular weight excluding hydrogens is 498 g/mol. The van der Waals surface area contributed by atoms with Crippen molar-refractivity contribution in [3.8, 4) is 0 Å². The van der Waals surface area contributed by atoms with E-state index in [1.54, 1.807) is 17.0 Å². The lowest BCUT2D eigenvalue weighted by atomic mass is 9.78. The first-order valence-electron chi connectivity index (χ1n) is 14.3. The molecule has 4 aliphatic rings. The van der Waals surface area contributed by atoms with Gasteiger partial charge < -0.3 is 15.0 Å². The normalized spacial score (nSPS) is 28.0. The highest BCUT2D eigenvalue weighted by Crippen LogP contribution is 2.41. The number of azide groups is 1. The second-order valence-electron chi connectivity index (χ2n) is 11.2. The number of rotatable bonds is 9. The molecule has 1 aliphatic carbocycles. The summed E-state index contributed by atoms with van der Waals surface area (Å²) in [6.45, 7) is 7.33. The van der Waals surface area contributed by atoms with Gasteiger partial charge >= 0.3 is 0 Å². The maximum absolute atomic E-state index is 13.7. The van der Waals surface area contributed by atoms with Crippen molar-refractivity contribution in [3.63, 3.8) is 0 Å². The molecule has 0 spiro atoms. The van der Waals surface area contributed by atoms with Gasteiger partial charge in [-0.1, -0.05) is 31.3 Å². The van der Waals surface area contributed by atoms with Crippen molar-refractivity contribution >= 4 is 23.7 Å². The SMILES string of the molecule is CCCN1CCN(c2ccc(C(=O)NC(C=O)(C3CCCCC3)N3CC(N=[N+]=[N-])C4OCC(=O)C43)cc2)CC1. The summed E-state index contributed by atoms with van der Waals surface area (Å²) in [6.07, 6.45) is 5.82. The maximum atomic E-state index is 13.7. The average molecular weight is 538 g/mol. The number of amides is 1. The van der Waals surface area contributed by atoms with E-state index in [9.17, 15) is 14.4 Å². The zero-order chi connectivity index (χ0) is 27.4. The van der Waals surface area contributed by atoms with Gasteiger partial charge in [-0.05, 0) is 55.6 Å². The molecule has 3 heterocycles. The number of ketones is 1. The first-order valence-corrected chi connectivity index (χ1v) is 14.3. The minimum absolute atomic E-state index is 0.0923. The van der Waals surface area contributed by atoms with E-state index in [4.69, 9.17) is 10.3 Å². The van der Waals surface area contributed by atoms with Gasteiger partial charge in [-0.25, -0.2) is 0 Å². The largest absolute Gasteiger partial charge is 0.369 e. The van der Waals surface area contributed by atoms with Crippen LogP contribution in [-0.2, 0) is 14.3 Å². The van der Waals surface area contributed by atoms with E-state index in [-0.39, 0.29) is 30.8 Å². The number of hydrogen-bond donors (Lipinski definition) is 1. The molecule has 3 aliphatic heterocycles. The predicted molar refractivity (Wildman–Crippen MR) is 146 cm³/mol. The minimum atomic E-state index is -1.39. The van der Waals surface area contributed by atoms with Crippen LogP contribution in [0.2, 0.25) is 0 Å². The summed E-state index contributed by atoms with van der Waals surface area (Å²) in [5.74, 6) is -0.678. The van der Waals surface area contributed by atoms with Crippen LogP contribution in [0.3, 0.4) is 0 Å². The Morgan fingerprint density at radius 1 is 1.18 bits per heavy atom. The van der Waals surface area contributed by atoms with Gasteiger partial charge in [0.1, 0.15) is 12.6 Å². The third kappa shape index (κ3) is 5.41. The Hall–Kier alpha value is -2.98. The summed E-state index contributed by atoms with van der Waals surface area (Å²) in [6, 6.07) is 6.19. The topological polar surface area (TPSA) is 131 Å². The molecule has 1 saturated carbocycles. The van der Waals surface area contributed by atoms with Crippen LogP contribution in [0.1, 0.15) is 55.8 Å². The number of hydrogen-bond acceptors (Lipinski definition) is 8. The fourth-order valence-corrected chi connectivity index (χ4v) is 6.95. The molecule has 3 saturated heterocycles. The molecule has 11 heteroatoms. The minimum Gasteiger partial charge on any atom is -0.369 e. The lowest BCUT2D eigenvalue weighted by molar-refractivity contribution is -0.132. The first-order chi connectivity index (χ1) is 19.0. The number of carbonyl (C=O) groups is 3. The van der Waals surface area contributed by atoms with Gasteiger partial charge in [0.05, 0.1) is 12.1 Å². The van der Waals surface area contributed by atoms with Gasteiger partial charge in [-0.3, -0.25) is 24.2 Å². The fraction of sp³-hybridized carbons (Fsp3) is 0.679. The monoisotopic (exact) mass is 537 g/mol. The zero-order valence-electron chi connectivity index (χ0n) is 22.7. The van der Waals surface area contributed by atoms with Crippen molar-refractivity contribution in [2.45, 2.75) is 69.3 Å². The Morgan fingerprint density at radius 2 is 1.90 bits per heavy atom. The summed E-state index contributed by atoms with van der Waals surface area (Å²) < 4.78 is 5.70. The Morgan fingerprint density at radius 3 is 2.54 bits per heavy atom. The molecule has 0 bridgehead atoms. The number of nitrogens with zero attached hydrogens (tertiary/aromatic N) is 6. The number of Topliss-reactive ketones (excluding diaryl/α,β-unsaturated/α-hetero) is 1. The van der Waals surface area contributed by atoms with E-state index in [0.717, 1.165) is 83.2 Å². The number of nitrogens with one attached hydrogen (secondary N) is 1. The molecule has 11 nitrogen and oxygen atoms in total. The van der Waals surface area contributed by atoms with Crippen molar-refractivity contribution < 1.29 is 19.1 Å². The van der Waals surface area contributed by atoms with E-state index < -0.39 is 23.9 Å². The number of fused-ring (bicyclic) bond motifs is 1. The first kappa shape index (κ1) is 27.6. The van der Waals surface area contributed by atoms with Crippen LogP contribution in [0.4, 0.5) is 5.69 Å². The van der Waals surface area contributed by atoms with Crippen molar-refractivity contribution in [3.05, 3.63) is 40.3 Å². The lowest BCUT2D eigenvalue weighted by Gasteiger charge is -2.47. The van der Waals surface area contributed by atoms with Crippen molar-refractivity contribution in [2.24, 2.45) is 11.0 Å². The highest BCUT2D eigenvalue weighted by atomic mass is 16.5. The van der Waals surface area contributed by atoms with E-state index >= 15 is 0 Å².